The summed E-state index contributed by atoms with van der Waals surface area (Å²) in [7, 11) is 5.17. The molecule has 4 heterocycles. The molecule has 2 aliphatic rings. The third kappa shape index (κ3) is 7.74. The topological polar surface area (TPSA) is 104 Å². The summed E-state index contributed by atoms with van der Waals surface area (Å²) in [5.41, 5.74) is 8.82. The van der Waals surface area contributed by atoms with Crippen molar-refractivity contribution in [3.8, 4) is 28.7 Å². The molecule has 0 radical (unpaired) electrons. The number of carbonyl (C=O) groups excluding carboxylic acids is 1. The highest BCUT2D eigenvalue weighted by atomic mass is 79.9. The van der Waals surface area contributed by atoms with E-state index in [1.807, 2.05) is 39.1 Å². The summed E-state index contributed by atoms with van der Waals surface area (Å²) in [6.07, 6.45) is 4.17. The monoisotopic (exact) mass is 792 g/mol. The molecule has 1 atom stereocenters. The number of benzene rings is 2. The molecular formula is C43H49BrN6O4. The number of hydrogen-bond donors (Lipinski definition) is 0. The number of rotatable bonds is 9. The second kappa shape index (κ2) is 15.9. The smallest absolute Gasteiger partial charge is 0.265 e. The lowest BCUT2D eigenvalue weighted by molar-refractivity contribution is -0.129. The first-order valence-electron chi connectivity index (χ1n) is 18.3. The summed E-state index contributed by atoms with van der Waals surface area (Å²) in [5, 5.41) is 9.92. The van der Waals surface area contributed by atoms with Crippen LogP contribution in [0.15, 0.2) is 69.7 Å². The Bertz CT molecular complexity index is 2200. The maximum Gasteiger partial charge on any atom is 0.265 e. The Hall–Kier alpha value is -4.76. The van der Waals surface area contributed by atoms with Crippen molar-refractivity contribution in [1.29, 1.82) is 5.26 Å². The van der Waals surface area contributed by atoms with Gasteiger partial charge in [-0.2, -0.15) is 5.26 Å². The fourth-order valence-electron chi connectivity index (χ4n) is 8.03. The number of carbonyl (C=O) groups is 1. The minimum absolute atomic E-state index is 0.00305. The molecule has 1 unspecified atom stereocenters. The van der Waals surface area contributed by atoms with Crippen LogP contribution in [0.4, 0.5) is 0 Å². The van der Waals surface area contributed by atoms with E-state index in [-0.39, 0.29) is 28.6 Å². The number of ether oxygens (including phenoxy) is 2. The normalized spacial score (nSPS) is 17.5. The summed E-state index contributed by atoms with van der Waals surface area (Å²) in [4.78, 5) is 37.4. The fraction of sp³-hybridized carbons (Fsp3) is 0.395. The van der Waals surface area contributed by atoms with Gasteiger partial charge in [-0.1, -0.05) is 24.3 Å². The third-order valence-electron chi connectivity index (χ3n) is 11.2. The third-order valence-corrected chi connectivity index (χ3v) is 11.7. The molecule has 2 aromatic heterocycles. The molecule has 0 N–H and O–H groups in total. The largest absolute Gasteiger partial charge is 0.496 e. The highest BCUT2D eigenvalue weighted by molar-refractivity contribution is 9.10. The van der Waals surface area contributed by atoms with Gasteiger partial charge in [0.25, 0.3) is 11.5 Å². The van der Waals surface area contributed by atoms with Crippen LogP contribution in [0.2, 0.25) is 0 Å². The molecular weight excluding hydrogens is 744 g/mol. The molecule has 1 saturated heterocycles. The quantitative estimate of drug-likeness (QED) is 0.102. The summed E-state index contributed by atoms with van der Waals surface area (Å²) in [6.45, 7) is 15.1. The molecule has 54 heavy (non-hydrogen) atoms. The number of halogens is 1. The number of fused-ring (bicyclic) bond motifs is 1. The van der Waals surface area contributed by atoms with E-state index in [1.165, 1.54) is 11.1 Å². The SMILES string of the molecule is COc1cc(-c2cn(C)c(=O)c(C)c2C)cc(OC)c1CN1CCN(Cc2cccc3c2CCN(C(=O)/C(C#N)=C/c2cccc(Br)n2)C3C)C(C)(C)C1. The van der Waals surface area contributed by atoms with E-state index in [2.05, 4.69) is 81.0 Å². The van der Waals surface area contributed by atoms with Gasteiger partial charge in [-0.05, 0) is 115 Å². The number of aromatic nitrogens is 2. The molecule has 1 amide bonds. The van der Waals surface area contributed by atoms with E-state index in [0.29, 0.717) is 23.4 Å². The van der Waals surface area contributed by atoms with Gasteiger partial charge >= 0.3 is 0 Å². The standard InChI is InChI=1S/C43H49BrN6O4/c1-27-28(2)41(51)47(6)24-36(27)31-20-38(53-7)37(39(21-31)54-8)25-48-17-18-49(43(4,5)26-48)23-30-11-9-13-34-29(3)50(16-15-35(30)34)42(52)32(22-45)19-33-12-10-14-40(44)46-33/h9-14,19-21,24,29H,15-18,23,25-26H2,1-8H3/b32-19+. The lowest BCUT2D eigenvalue weighted by atomic mass is 9.88. The lowest BCUT2D eigenvalue weighted by Gasteiger charge is -2.48. The van der Waals surface area contributed by atoms with Gasteiger partial charge in [0.1, 0.15) is 27.7 Å². The maximum atomic E-state index is 13.7. The van der Waals surface area contributed by atoms with Crippen molar-refractivity contribution < 1.29 is 14.3 Å². The Labute approximate surface area is 326 Å². The molecule has 0 bridgehead atoms. The van der Waals surface area contributed by atoms with Crippen molar-refractivity contribution >= 4 is 27.9 Å². The van der Waals surface area contributed by atoms with E-state index >= 15 is 0 Å². The van der Waals surface area contributed by atoms with Crippen LogP contribution in [0, 0.1) is 25.2 Å². The molecule has 282 valence electrons. The van der Waals surface area contributed by atoms with E-state index < -0.39 is 0 Å². The predicted molar refractivity (Wildman–Crippen MR) is 215 cm³/mol. The molecule has 0 saturated carbocycles. The molecule has 0 spiro atoms. The van der Waals surface area contributed by atoms with Gasteiger partial charge in [-0.25, -0.2) is 4.98 Å². The maximum absolute atomic E-state index is 13.7. The Balaban J connectivity index is 1.17. The lowest BCUT2D eigenvalue weighted by Crippen LogP contribution is -2.58. The van der Waals surface area contributed by atoms with Gasteiger partial charge in [0.2, 0.25) is 0 Å². The molecule has 6 rings (SSSR count). The van der Waals surface area contributed by atoms with Crippen LogP contribution in [-0.4, -0.2) is 76.1 Å². The number of aryl methyl sites for hydroxylation is 1. The van der Waals surface area contributed by atoms with Gasteiger partial charge in [-0.3, -0.25) is 19.4 Å². The molecule has 2 aliphatic heterocycles. The van der Waals surface area contributed by atoms with E-state index in [9.17, 15) is 14.9 Å². The number of hydrogen-bond acceptors (Lipinski definition) is 8. The molecule has 2 aromatic carbocycles. The number of nitriles is 1. The average molecular weight is 794 g/mol. The Kier molecular flexibility index (Phi) is 11.5. The van der Waals surface area contributed by atoms with Crippen LogP contribution in [0.1, 0.15) is 65.9 Å². The highest BCUT2D eigenvalue weighted by Crippen LogP contribution is 2.39. The number of pyridine rings is 2. The molecule has 11 heteroatoms. The summed E-state index contributed by atoms with van der Waals surface area (Å²) in [6, 6.07) is 17.9. The zero-order valence-electron chi connectivity index (χ0n) is 32.5. The minimum Gasteiger partial charge on any atom is -0.496 e. The molecule has 0 aliphatic carbocycles. The minimum atomic E-state index is -0.278. The van der Waals surface area contributed by atoms with E-state index in [0.717, 1.165) is 77.5 Å². The summed E-state index contributed by atoms with van der Waals surface area (Å²) in [5.74, 6) is 1.24. The Morgan fingerprint density at radius 2 is 1.74 bits per heavy atom. The number of piperazine rings is 1. The average Bonchev–Trinajstić information content (AvgIpc) is 3.15. The second-order valence-electron chi connectivity index (χ2n) is 15.0. The van der Waals surface area contributed by atoms with Gasteiger partial charge in [0, 0.05) is 69.2 Å². The van der Waals surface area contributed by atoms with Crippen molar-refractivity contribution in [2.45, 2.75) is 65.7 Å². The van der Waals surface area contributed by atoms with Crippen molar-refractivity contribution in [3.05, 3.63) is 114 Å². The first-order chi connectivity index (χ1) is 25.8. The first-order valence-corrected chi connectivity index (χ1v) is 19.1. The molecule has 10 nitrogen and oxygen atoms in total. The Morgan fingerprint density at radius 1 is 1.04 bits per heavy atom. The first kappa shape index (κ1) is 38.9. The Morgan fingerprint density at radius 3 is 2.39 bits per heavy atom. The van der Waals surface area contributed by atoms with Crippen LogP contribution < -0.4 is 15.0 Å². The fourth-order valence-corrected chi connectivity index (χ4v) is 8.39. The van der Waals surface area contributed by atoms with Crippen molar-refractivity contribution in [2.75, 3.05) is 40.4 Å². The second-order valence-corrected chi connectivity index (χ2v) is 15.8. The van der Waals surface area contributed by atoms with Crippen LogP contribution >= 0.6 is 15.9 Å². The number of amides is 1. The van der Waals surface area contributed by atoms with Gasteiger partial charge in [0.05, 0.1) is 31.5 Å². The van der Waals surface area contributed by atoms with Crippen molar-refractivity contribution in [1.82, 2.24) is 24.3 Å². The number of nitrogens with zero attached hydrogens (tertiary/aromatic N) is 6. The summed E-state index contributed by atoms with van der Waals surface area (Å²) < 4.78 is 14.2. The van der Waals surface area contributed by atoms with Crippen LogP contribution in [0.5, 0.6) is 11.5 Å². The zero-order valence-corrected chi connectivity index (χ0v) is 34.1. The van der Waals surface area contributed by atoms with Crippen LogP contribution in [-0.2, 0) is 31.4 Å². The van der Waals surface area contributed by atoms with Gasteiger partial charge in [-0.15, -0.1) is 0 Å². The van der Waals surface area contributed by atoms with E-state index in [1.54, 1.807) is 42.9 Å². The number of methoxy groups -OCH3 is 2. The van der Waals surface area contributed by atoms with Crippen molar-refractivity contribution in [2.24, 2.45) is 7.05 Å². The zero-order chi connectivity index (χ0) is 38.9. The molecule has 4 aromatic rings. The predicted octanol–water partition coefficient (Wildman–Crippen LogP) is 6.99. The van der Waals surface area contributed by atoms with E-state index in [4.69, 9.17) is 9.47 Å². The van der Waals surface area contributed by atoms with Crippen LogP contribution in [0.3, 0.4) is 0 Å². The van der Waals surface area contributed by atoms with Crippen LogP contribution in [0.25, 0.3) is 17.2 Å². The highest BCUT2D eigenvalue weighted by Gasteiger charge is 2.36. The van der Waals surface area contributed by atoms with Gasteiger partial charge < -0.3 is 18.9 Å². The molecule has 1 fully saturated rings. The van der Waals surface area contributed by atoms with Crippen molar-refractivity contribution in [3.63, 3.8) is 0 Å². The van der Waals surface area contributed by atoms with Gasteiger partial charge in [0.15, 0.2) is 0 Å². The summed E-state index contributed by atoms with van der Waals surface area (Å²) >= 11 is 3.37.